The van der Waals surface area contributed by atoms with Crippen LogP contribution in [0.5, 0.6) is 5.75 Å². The molecule has 4 aromatic rings. The molecule has 8 nitrogen and oxygen atoms in total. The standard InChI is InChI=1S/C34H40B2N2O6/c1-3-25-22-38(21-24-6-10-28(11-7-24)36(42)43)17-15-26(25)18-33(38)34(39)31-14-16-37(32-19-29(44-2)12-13-30(31)32)20-23-4-8-27(9-5-23)35(40)41/h3-14,16,19,25-26,33-34,39-43H,1,15,17-18,20-22H2,2H3/q+2. The second kappa shape index (κ2) is 12.5. The number of aromatic nitrogens is 1. The average Bonchev–Trinajstić information content (AvgIpc) is 3.04. The third kappa shape index (κ3) is 5.81. The lowest BCUT2D eigenvalue weighted by molar-refractivity contribution is -0.984. The summed E-state index contributed by atoms with van der Waals surface area (Å²) in [4.78, 5) is 0. The van der Waals surface area contributed by atoms with Crippen molar-refractivity contribution < 1.29 is 39.0 Å². The first-order valence-electron chi connectivity index (χ1n) is 15.3. The summed E-state index contributed by atoms with van der Waals surface area (Å²) in [6.45, 7) is 7.34. The molecule has 0 saturated carbocycles. The molecule has 5 N–H and O–H groups in total. The van der Waals surface area contributed by atoms with Gasteiger partial charge in [-0.15, -0.1) is 6.58 Å². The van der Waals surface area contributed by atoms with Gasteiger partial charge in [0.2, 0.25) is 5.52 Å². The summed E-state index contributed by atoms with van der Waals surface area (Å²) in [5.41, 5.74) is 4.85. The Balaban J connectivity index is 1.36. The Bertz CT molecular complexity index is 1630. The predicted molar refractivity (Wildman–Crippen MR) is 171 cm³/mol. The second-order valence-electron chi connectivity index (χ2n) is 12.5. The number of fused-ring (bicyclic) bond motifs is 4. The summed E-state index contributed by atoms with van der Waals surface area (Å²) in [5.74, 6) is 1.60. The van der Waals surface area contributed by atoms with Gasteiger partial charge in [0, 0.05) is 41.5 Å². The zero-order valence-electron chi connectivity index (χ0n) is 25.0. The van der Waals surface area contributed by atoms with E-state index in [0.717, 1.165) is 70.3 Å². The van der Waals surface area contributed by atoms with E-state index in [-0.39, 0.29) is 6.04 Å². The Morgan fingerprint density at radius 3 is 2.23 bits per heavy atom. The molecule has 3 aliphatic rings. The van der Waals surface area contributed by atoms with Crippen LogP contribution in [-0.2, 0) is 13.1 Å². The van der Waals surface area contributed by atoms with E-state index in [1.54, 1.807) is 31.4 Å². The number of hydrogen-bond donors (Lipinski definition) is 5. The van der Waals surface area contributed by atoms with Crippen molar-refractivity contribution in [3.63, 3.8) is 0 Å². The van der Waals surface area contributed by atoms with Crippen LogP contribution in [0.4, 0.5) is 0 Å². The van der Waals surface area contributed by atoms with Gasteiger partial charge in [-0.3, -0.25) is 0 Å². The largest absolute Gasteiger partial charge is 0.497 e. The van der Waals surface area contributed by atoms with E-state index in [4.69, 9.17) is 4.74 Å². The first kappa shape index (κ1) is 30.5. The molecule has 4 heterocycles. The average molecular weight is 594 g/mol. The van der Waals surface area contributed by atoms with Gasteiger partial charge in [-0.25, -0.2) is 0 Å². The van der Waals surface area contributed by atoms with Gasteiger partial charge in [0.25, 0.3) is 0 Å². The number of quaternary nitrogens is 1. The lowest BCUT2D eigenvalue weighted by atomic mass is 9.71. The van der Waals surface area contributed by atoms with E-state index in [2.05, 4.69) is 17.2 Å². The van der Waals surface area contributed by atoms with Gasteiger partial charge in [-0.2, -0.15) is 4.57 Å². The molecular weight excluding hydrogens is 554 g/mol. The smallest absolute Gasteiger partial charge is 0.488 e. The number of aliphatic hydroxyl groups is 1. The van der Waals surface area contributed by atoms with Gasteiger partial charge in [0.1, 0.15) is 24.4 Å². The van der Waals surface area contributed by atoms with E-state index in [1.807, 2.05) is 54.7 Å². The van der Waals surface area contributed by atoms with Gasteiger partial charge >= 0.3 is 14.2 Å². The number of methoxy groups -OCH3 is 1. The van der Waals surface area contributed by atoms with Crippen LogP contribution in [0.2, 0.25) is 0 Å². The molecule has 10 heteroatoms. The third-order valence-corrected chi connectivity index (χ3v) is 10.0. The van der Waals surface area contributed by atoms with Gasteiger partial charge < -0.3 is 34.4 Å². The molecule has 44 heavy (non-hydrogen) atoms. The molecule has 7 rings (SSSR count). The molecule has 2 bridgehead atoms. The molecule has 3 saturated heterocycles. The van der Waals surface area contributed by atoms with Crippen LogP contribution in [0.3, 0.4) is 0 Å². The Morgan fingerprint density at radius 2 is 1.61 bits per heavy atom. The summed E-state index contributed by atoms with van der Waals surface area (Å²) in [6.07, 6.45) is 5.40. The van der Waals surface area contributed by atoms with E-state index in [9.17, 15) is 25.2 Å². The molecule has 1 aromatic heterocycles. The van der Waals surface area contributed by atoms with Crippen molar-refractivity contribution in [1.82, 2.24) is 0 Å². The van der Waals surface area contributed by atoms with Crippen LogP contribution >= 0.6 is 0 Å². The normalized spacial score (nSPS) is 23.4. The molecule has 5 unspecified atom stereocenters. The van der Waals surface area contributed by atoms with Gasteiger partial charge in [-0.05, 0) is 29.0 Å². The monoisotopic (exact) mass is 594 g/mol. The highest BCUT2D eigenvalue weighted by molar-refractivity contribution is 6.58. The zero-order chi connectivity index (χ0) is 31.0. The molecule has 3 fully saturated rings. The highest BCUT2D eigenvalue weighted by Gasteiger charge is 2.54. The van der Waals surface area contributed by atoms with E-state index in [0.29, 0.717) is 29.3 Å². The minimum absolute atomic E-state index is 0.00772. The van der Waals surface area contributed by atoms with E-state index in [1.165, 1.54) is 0 Å². The molecule has 226 valence electrons. The Morgan fingerprint density at radius 1 is 0.955 bits per heavy atom. The maximum absolute atomic E-state index is 12.3. The van der Waals surface area contributed by atoms with Crippen LogP contribution in [0.1, 0.15) is 35.6 Å². The second-order valence-corrected chi connectivity index (χ2v) is 12.5. The summed E-state index contributed by atoms with van der Waals surface area (Å²) >= 11 is 0. The number of rotatable bonds is 10. The minimum Gasteiger partial charge on any atom is -0.497 e. The van der Waals surface area contributed by atoms with Crippen molar-refractivity contribution in [3.8, 4) is 5.75 Å². The van der Waals surface area contributed by atoms with Gasteiger partial charge in [-0.1, -0.05) is 54.6 Å². The van der Waals surface area contributed by atoms with Gasteiger partial charge in [0.05, 0.1) is 31.7 Å². The predicted octanol–water partition coefficient (Wildman–Crippen LogP) is 1.19. The van der Waals surface area contributed by atoms with Crippen molar-refractivity contribution in [2.75, 3.05) is 20.2 Å². The molecule has 0 radical (unpaired) electrons. The number of benzene rings is 3. The van der Waals surface area contributed by atoms with Crippen LogP contribution in [-0.4, -0.2) is 70.2 Å². The third-order valence-electron chi connectivity index (χ3n) is 10.0. The number of aliphatic hydroxyl groups excluding tert-OH is 1. The van der Waals surface area contributed by atoms with Crippen LogP contribution in [0.25, 0.3) is 10.9 Å². The number of nitrogens with zero attached hydrogens (tertiary/aromatic N) is 2. The molecule has 0 aliphatic carbocycles. The van der Waals surface area contributed by atoms with Crippen LogP contribution < -0.4 is 20.2 Å². The number of pyridine rings is 1. The van der Waals surface area contributed by atoms with Crippen LogP contribution in [0.15, 0.2) is 91.6 Å². The fourth-order valence-electron chi connectivity index (χ4n) is 7.60. The molecule has 5 atom stereocenters. The summed E-state index contributed by atoms with van der Waals surface area (Å²) < 4.78 is 8.46. The Kier molecular flexibility index (Phi) is 8.66. The number of ether oxygens (including phenoxy) is 1. The molecule has 0 amide bonds. The van der Waals surface area contributed by atoms with Crippen molar-refractivity contribution in [3.05, 3.63) is 108 Å². The van der Waals surface area contributed by atoms with Gasteiger partial charge in [0.15, 0.2) is 12.7 Å². The zero-order valence-corrected chi connectivity index (χ0v) is 25.0. The fourth-order valence-corrected chi connectivity index (χ4v) is 7.60. The summed E-state index contributed by atoms with van der Waals surface area (Å²) in [5, 5.41) is 51.4. The highest BCUT2D eigenvalue weighted by Crippen LogP contribution is 2.48. The number of piperidine rings is 3. The molecular formula is C34H40B2N2O6+2. The Labute approximate surface area is 259 Å². The van der Waals surface area contributed by atoms with Crippen molar-refractivity contribution in [2.24, 2.45) is 11.8 Å². The van der Waals surface area contributed by atoms with Crippen molar-refractivity contribution >= 4 is 36.1 Å². The SMILES string of the molecule is C=CC1C[N+]2(Cc3ccc(B(O)O)cc3)CCC1CC2C(O)c1cc[n+](Cc2ccc(B(O)O)cc2)c2cc(OC)ccc12. The van der Waals surface area contributed by atoms with E-state index >= 15 is 0 Å². The first-order chi connectivity index (χ1) is 21.2. The summed E-state index contributed by atoms with van der Waals surface area (Å²) in [6, 6.07) is 22.7. The lowest BCUT2D eigenvalue weighted by Gasteiger charge is -2.58. The fraction of sp³-hybridized carbons (Fsp3) is 0.324. The lowest BCUT2D eigenvalue weighted by Crippen LogP contribution is -2.67. The highest BCUT2D eigenvalue weighted by atomic mass is 16.5. The first-order valence-corrected chi connectivity index (χ1v) is 15.3. The number of hydrogen-bond acceptors (Lipinski definition) is 6. The summed E-state index contributed by atoms with van der Waals surface area (Å²) in [7, 11) is -1.36. The topological polar surface area (TPSA) is 114 Å². The molecule has 3 aromatic carbocycles. The maximum Gasteiger partial charge on any atom is 0.488 e. The molecule has 0 spiro atoms. The molecule has 3 aliphatic heterocycles. The van der Waals surface area contributed by atoms with Crippen LogP contribution in [0, 0.1) is 11.8 Å². The quantitative estimate of drug-likeness (QED) is 0.0817. The minimum atomic E-state index is -1.51. The van der Waals surface area contributed by atoms with Crippen molar-refractivity contribution in [1.29, 1.82) is 0 Å². The Hall–Kier alpha value is -3.50. The van der Waals surface area contributed by atoms with Crippen molar-refractivity contribution in [2.45, 2.75) is 38.1 Å². The van der Waals surface area contributed by atoms with E-state index < -0.39 is 20.3 Å². The maximum atomic E-state index is 12.3.